The molecular formula is C16H28O2. The van der Waals surface area contributed by atoms with Crippen LogP contribution in [0.4, 0.5) is 0 Å². The van der Waals surface area contributed by atoms with E-state index in [9.17, 15) is 4.79 Å². The molecule has 0 aromatic carbocycles. The van der Waals surface area contributed by atoms with Crippen LogP contribution in [0.2, 0.25) is 0 Å². The van der Waals surface area contributed by atoms with Crippen molar-refractivity contribution >= 4 is 5.97 Å². The van der Waals surface area contributed by atoms with Crippen LogP contribution in [0.1, 0.15) is 78.1 Å². The third kappa shape index (κ3) is 10.2. The van der Waals surface area contributed by atoms with E-state index >= 15 is 0 Å². The van der Waals surface area contributed by atoms with E-state index in [1.165, 1.54) is 19.3 Å². The van der Waals surface area contributed by atoms with Crippen molar-refractivity contribution in [3.63, 3.8) is 0 Å². The van der Waals surface area contributed by atoms with Crippen molar-refractivity contribution in [1.29, 1.82) is 0 Å². The lowest BCUT2D eigenvalue weighted by Gasteiger charge is -2.12. The Morgan fingerprint density at radius 1 is 1.06 bits per heavy atom. The summed E-state index contributed by atoms with van der Waals surface area (Å²) in [5.41, 5.74) is 0. The summed E-state index contributed by atoms with van der Waals surface area (Å²) in [6.07, 6.45) is 15.4. The van der Waals surface area contributed by atoms with Gasteiger partial charge in [0.2, 0.25) is 0 Å². The fourth-order valence-corrected chi connectivity index (χ4v) is 1.85. The van der Waals surface area contributed by atoms with Gasteiger partial charge in [0.25, 0.3) is 0 Å². The highest BCUT2D eigenvalue weighted by Crippen LogP contribution is 2.10. The molecule has 0 spiro atoms. The lowest BCUT2D eigenvalue weighted by atomic mass is 10.1. The number of ether oxygens (including phenoxy) is 1. The van der Waals surface area contributed by atoms with E-state index in [1.807, 2.05) is 0 Å². The Labute approximate surface area is 112 Å². The Kier molecular flexibility index (Phi) is 11.8. The highest BCUT2D eigenvalue weighted by Gasteiger charge is 2.10. The SMILES string of the molecule is C#C[C@@H](CCCCC)OC(=O)CCCCCCC. The third-order valence-electron chi connectivity index (χ3n) is 3.01. The predicted molar refractivity (Wildman–Crippen MR) is 76.2 cm³/mol. The first kappa shape index (κ1) is 17.0. The summed E-state index contributed by atoms with van der Waals surface area (Å²) in [5.74, 6) is 2.43. The van der Waals surface area contributed by atoms with Gasteiger partial charge in [0.05, 0.1) is 0 Å². The van der Waals surface area contributed by atoms with Crippen LogP contribution in [0.25, 0.3) is 0 Å². The first-order valence-electron chi connectivity index (χ1n) is 7.40. The molecule has 0 rings (SSSR count). The van der Waals surface area contributed by atoms with Crippen LogP contribution in [-0.4, -0.2) is 12.1 Å². The number of unbranched alkanes of at least 4 members (excludes halogenated alkanes) is 6. The molecule has 2 nitrogen and oxygen atoms in total. The first-order valence-corrected chi connectivity index (χ1v) is 7.40. The van der Waals surface area contributed by atoms with Crippen LogP contribution in [0, 0.1) is 12.3 Å². The minimum absolute atomic E-state index is 0.133. The number of rotatable bonds is 11. The van der Waals surface area contributed by atoms with Crippen molar-refractivity contribution in [1.82, 2.24) is 0 Å². The molecule has 0 fully saturated rings. The quantitative estimate of drug-likeness (QED) is 0.308. The van der Waals surface area contributed by atoms with Gasteiger partial charge in [-0.05, 0) is 19.3 Å². The maximum absolute atomic E-state index is 11.6. The molecule has 104 valence electrons. The molecule has 0 saturated heterocycles. The molecule has 0 radical (unpaired) electrons. The molecule has 0 heterocycles. The largest absolute Gasteiger partial charge is 0.449 e. The molecule has 18 heavy (non-hydrogen) atoms. The van der Waals surface area contributed by atoms with Crippen molar-refractivity contribution in [2.24, 2.45) is 0 Å². The minimum atomic E-state index is -0.320. The van der Waals surface area contributed by atoms with Crippen LogP contribution in [-0.2, 0) is 9.53 Å². The van der Waals surface area contributed by atoms with Gasteiger partial charge in [0.1, 0.15) is 0 Å². The Hall–Kier alpha value is -0.970. The highest BCUT2D eigenvalue weighted by atomic mass is 16.5. The Balaban J connectivity index is 3.60. The van der Waals surface area contributed by atoms with Crippen LogP contribution in [0.3, 0.4) is 0 Å². The second-order valence-corrected chi connectivity index (χ2v) is 4.81. The summed E-state index contributed by atoms with van der Waals surface area (Å²) in [5, 5.41) is 0. The molecular weight excluding hydrogens is 224 g/mol. The van der Waals surface area contributed by atoms with Gasteiger partial charge < -0.3 is 4.74 Å². The number of hydrogen-bond acceptors (Lipinski definition) is 2. The smallest absolute Gasteiger partial charge is 0.307 e. The standard InChI is InChI=1S/C16H28O2/c1-4-7-9-10-12-14-16(17)18-15(6-3)13-11-8-5-2/h3,15H,4-5,7-14H2,1-2H3/t15-/m0/s1. The average molecular weight is 252 g/mol. The molecule has 0 unspecified atom stereocenters. The molecule has 2 heteroatoms. The Morgan fingerprint density at radius 3 is 2.28 bits per heavy atom. The van der Waals surface area contributed by atoms with Crippen LogP contribution < -0.4 is 0 Å². The van der Waals surface area contributed by atoms with Gasteiger partial charge in [0, 0.05) is 6.42 Å². The number of esters is 1. The lowest BCUT2D eigenvalue weighted by Crippen LogP contribution is -2.16. The van der Waals surface area contributed by atoms with Crippen molar-refractivity contribution in [3.05, 3.63) is 0 Å². The molecule has 0 saturated carbocycles. The van der Waals surface area contributed by atoms with Crippen molar-refractivity contribution in [3.8, 4) is 12.3 Å². The lowest BCUT2D eigenvalue weighted by molar-refractivity contribution is -0.146. The number of carbonyl (C=O) groups is 1. The molecule has 0 amide bonds. The zero-order valence-corrected chi connectivity index (χ0v) is 12.0. The summed E-state index contributed by atoms with van der Waals surface area (Å²) >= 11 is 0. The minimum Gasteiger partial charge on any atom is -0.449 e. The number of carbonyl (C=O) groups excluding carboxylic acids is 1. The maximum Gasteiger partial charge on any atom is 0.307 e. The Bertz CT molecular complexity index is 240. The fourth-order valence-electron chi connectivity index (χ4n) is 1.85. The molecule has 0 bridgehead atoms. The van der Waals surface area contributed by atoms with Gasteiger partial charge in [-0.25, -0.2) is 0 Å². The number of terminal acetylenes is 1. The maximum atomic E-state index is 11.6. The second-order valence-electron chi connectivity index (χ2n) is 4.81. The zero-order valence-electron chi connectivity index (χ0n) is 12.0. The average Bonchev–Trinajstić information content (AvgIpc) is 2.37. The summed E-state index contributed by atoms with van der Waals surface area (Å²) in [7, 11) is 0. The van der Waals surface area contributed by atoms with E-state index in [0.717, 1.165) is 38.5 Å². The van der Waals surface area contributed by atoms with Gasteiger partial charge in [-0.15, -0.1) is 6.42 Å². The summed E-state index contributed by atoms with van der Waals surface area (Å²) < 4.78 is 5.28. The van der Waals surface area contributed by atoms with E-state index in [1.54, 1.807) is 0 Å². The molecule has 0 aliphatic rings. The predicted octanol–water partition coefficient (Wildman–Crippen LogP) is 4.47. The third-order valence-corrected chi connectivity index (χ3v) is 3.01. The normalized spacial score (nSPS) is 11.8. The van der Waals surface area contributed by atoms with Crippen molar-refractivity contribution in [2.75, 3.05) is 0 Å². The zero-order chi connectivity index (χ0) is 13.6. The van der Waals surface area contributed by atoms with Gasteiger partial charge in [-0.3, -0.25) is 4.79 Å². The van der Waals surface area contributed by atoms with E-state index in [0.29, 0.717) is 6.42 Å². The number of hydrogen-bond donors (Lipinski definition) is 0. The summed E-state index contributed by atoms with van der Waals surface area (Å²) in [4.78, 5) is 11.6. The van der Waals surface area contributed by atoms with Gasteiger partial charge in [0.15, 0.2) is 6.10 Å². The molecule has 0 aliphatic carbocycles. The van der Waals surface area contributed by atoms with Gasteiger partial charge in [-0.1, -0.05) is 58.3 Å². The van der Waals surface area contributed by atoms with E-state index < -0.39 is 0 Å². The van der Waals surface area contributed by atoms with E-state index in [2.05, 4.69) is 19.8 Å². The van der Waals surface area contributed by atoms with Gasteiger partial charge in [-0.2, -0.15) is 0 Å². The Morgan fingerprint density at radius 2 is 1.67 bits per heavy atom. The highest BCUT2D eigenvalue weighted by molar-refractivity contribution is 5.69. The van der Waals surface area contributed by atoms with Crippen LogP contribution in [0.5, 0.6) is 0 Å². The second kappa shape index (κ2) is 12.5. The molecule has 0 aliphatic heterocycles. The molecule has 0 aromatic rings. The monoisotopic (exact) mass is 252 g/mol. The van der Waals surface area contributed by atoms with E-state index in [4.69, 9.17) is 11.2 Å². The van der Waals surface area contributed by atoms with Gasteiger partial charge >= 0.3 is 5.97 Å². The molecule has 0 aromatic heterocycles. The fraction of sp³-hybridized carbons (Fsp3) is 0.812. The van der Waals surface area contributed by atoms with Crippen molar-refractivity contribution < 1.29 is 9.53 Å². The van der Waals surface area contributed by atoms with E-state index in [-0.39, 0.29) is 12.1 Å². The van der Waals surface area contributed by atoms with Crippen LogP contribution >= 0.6 is 0 Å². The van der Waals surface area contributed by atoms with Crippen molar-refractivity contribution in [2.45, 2.75) is 84.2 Å². The summed E-state index contributed by atoms with van der Waals surface area (Å²) in [6.45, 7) is 4.33. The van der Waals surface area contributed by atoms with Crippen LogP contribution in [0.15, 0.2) is 0 Å². The topological polar surface area (TPSA) is 26.3 Å². The first-order chi connectivity index (χ1) is 8.74. The molecule has 1 atom stereocenters. The summed E-state index contributed by atoms with van der Waals surface area (Å²) in [6, 6.07) is 0. The molecule has 0 N–H and O–H groups in total.